The molecule has 124 valence electrons. The molecule has 5 nitrogen and oxygen atoms in total. The van der Waals surface area contributed by atoms with Gasteiger partial charge >= 0.3 is 5.76 Å². The second-order valence-electron chi connectivity index (χ2n) is 5.47. The molecule has 7 heteroatoms. The van der Waals surface area contributed by atoms with Gasteiger partial charge in [0.05, 0.1) is 12.1 Å². The van der Waals surface area contributed by atoms with Crippen molar-refractivity contribution >= 4 is 22.5 Å². The van der Waals surface area contributed by atoms with Crippen LogP contribution >= 0.6 is 11.6 Å². The zero-order valence-corrected chi connectivity index (χ0v) is 13.6. The summed E-state index contributed by atoms with van der Waals surface area (Å²) in [7, 11) is 0. The van der Waals surface area contributed by atoms with Gasteiger partial charge in [-0.15, -0.1) is 5.10 Å². The first-order valence-corrected chi connectivity index (χ1v) is 7.86. The number of pyridine rings is 1. The maximum atomic E-state index is 13.0. The fourth-order valence-corrected chi connectivity index (χ4v) is 2.73. The van der Waals surface area contributed by atoms with Gasteiger partial charge < -0.3 is 4.42 Å². The Morgan fingerprint density at radius 1 is 1.12 bits per heavy atom. The van der Waals surface area contributed by atoms with Crippen LogP contribution in [-0.4, -0.2) is 14.8 Å². The van der Waals surface area contributed by atoms with E-state index >= 15 is 0 Å². The van der Waals surface area contributed by atoms with Crippen molar-refractivity contribution in [2.45, 2.75) is 6.54 Å². The molecule has 0 spiro atoms. The van der Waals surface area contributed by atoms with Gasteiger partial charge in [-0.1, -0.05) is 29.8 Å². The summed E-state index contributed by atoms with van der Waals surface area (Å²) in [6.45, 7) is 0.125. The maximum absolute atomic E-state index is 13.0. The van der Waals surface area contributed by atoms with Crippen molar-refractivity contribution in [1.82, 2.24) is 14.8 Å². The van der Waals surface area contributed by atoms with Crippen LogP contribution in [0.3, 0.4) is 0 Å². The number of hydrogen-bond acceptors (Lipinski definition) is 4. The van der Waals surface area contributed by atoms with Crippen LogP contribution in [0.1, 0.15) is 5.56 Å². The van der Waals surface area contributed by atoms with Crippen molar-refractivity contribution in [3.05, 3.63) is 81.7 Å². The molecule has 2 aromatic carbocycles. The third-order valence-corrected chi connectivity index (χ3v) is 4.09. The Morgan fingerprint density at radius 2 is 1.88 bits per heavy atom. The molecule has 2 heterocycles. The van der Waals surface area contributed by atoms with E-state index in [0.717, 1.165) is 15.6 Å². The van der Waals surface area contributed by atoms with E-state index < -0.39 is 5.76 Å². The number of aromatic nitrogens is 3. The molecule has 0 saturated heterocycles. The van der Waals surface area contributed by atoms with Crippen LogP contribution < -0.4 is 5.76 Å². The fraction of sp³-hybridized carbons (Fsp3) is 0.0556. The number of halogens is 2. The molecule has 0 aliphatic heterocycles. The summed E-state index contributed by atoms with van der Waals surface area (Å²) in [5, 5.41) is 5.37. The Hall–Kier alpha value is -2.99. The Labute approximate surface area is 146 Å². The summed E-state index contributed by atoms with van der Waals surface area (Å²) in [5.74, 6) is -0.877. The molecular formula is C18H11ClFN3O2. The van der Waals surface area contributed by atoms with E-state index in [1.54, 1.807) is 0 Å². The number of benzene rings is 2. The normalized spacial score (nSPS) is 11.1. The molecule has 0 radical (unpaired) electrons. The van der Waals surface area contributed by atoms with Crippen LogP contribution in [0.25, 0.3) is 22.4 Å². The lowest BCUT2D eigenvalue weighted by Gasteiger charge is -2.05. The highest BCUT2D eigenvalue weighted by molar-refractivity contribution is 6.30. The minimum absolute atomic E-state index is 0.120. The van der Waals surface area contributed by atoms with Crippen molar-refractivity contribution in [1.29, 1.82) is 0 Å². The van der Waals surface area contributed by atoms with Gasteiger partial charge in [-0.25, -0.2) is 14.2 Å². The zero-order valence-electron chi connectivity index (χ0n) is 12.8. The topological polar surface area (TPSA) is 60.9 Å². The SMILES string of the molecule is O=c1oc(-c2ccc(F)cc2)nn1Cc1cc2ccccc2nc1Cl. The fourth-order valence-electron chi connectivity index (χ4n) is 2.52. The lowest BCUT2D eigenvalue weighted by atomic mass is 10.1. The Balaban J connectivity index is 1.70. The van der Waals surface area contributed by atoms with Crippen molar-refractivity contribution in [2.24, 2.45) is 0 Å². The minimum Gasteiger partial charge on any atom is -0.388 e. The first-order chi connectivity index (χ1) is 12.1. The summed E-state index contributed by atoms with van der Waals surface area (Å²) in [5.41, 5.74) is 1.94. The molecule has 0 aliphatic carbocycles. The minimum atomic E-state index is -0.622. The second-order valence-corrected chi connectivity index (χ2v) is 5.83. The Morgan fingerprint density at radius 3 is 2.68 bits per heavy atom. The summed E-state index contributed by atoms with van der Waals surface area (Å²) < 4.78 is 19.3. The Bertz CT molecular complexity index is 1120. The molecule has 25 heavy (non-hydrogen) atoms. The first-order valence-electron chi connectivity index (χ1n) is 7.48. The van der Waals surface area contributed by atoms with Gasteiger partial charge in [-0.05, 0) is 36.4 Å². The van der Waals surface area contributed by atoms with Gasteiger partial charge in [-0.3, -0.25) is 0 Å². The van der Waals surface area contributed by atoms with Crippen molar-refractivity contribution in [2.75, 3.05) is 0 Å². The quantitative estimate of drug-likeness (QED) is 0.523. The van der Waals surface area contributed by atoms with Gasteiger partial charge in [0.1, 0.15) is 11.0 Å². The zero-order chi connectivity index (χ0) is 17.4. The molecule has 0 amide bonds. The summed E-state index contributed by atoms with van der Waals surface area (Å²) >= 11 is 6.22. The molecule has 0 unspecified atom stereocenters. The standard InChI is InChI=1S/C18H11ClFN3O2/c19-16-13(9-12-3-1-2-4-15(12)21-16)10-23-18(24)25-17(22-23)11-5-7-14(20)8-6-11/h1-9H,10H2. The maximum Gasteiger partial charge on any atom is 0.437 e. The van der Waals surface area contributed by atoms with E-state index in [4.69, 9.17) is 16.0 Å². The third kappa shape index (κ3) is 3.04. The van der Waals surface area contributed by atoms with E-state index in [0.29, 0.717) is 16.3 Å². The molecule has 2 aromatic heterocycles. The van der Waals surface area contributed by atoms with Crippen molar-refractivity contribution in [3.63, 3.8) is 0 Å². The van der Waals surface area contributed by atoms with Crippen LogP contribution in [0.4, 0.5) is 4.39 Å². The smallest absolute Gasteiger partial charge is 0.388 e. The van der Waals surface area contributed by atoms with E-state index in [1.807, 2.05) is 30.3 Å². The average Bonchev–Trinajstić information content (AvgIpc) is 2.97. The molecular weight excluding hydrogens is 345 g/mol. The van der Waals surface area contributed by atoms with Crippen LogP contribution in [0.5, 0.6) is 0 Å². The molecule has 0 saturated carbocycles. The summed E-state index contributed by atoms with van der Waals surface area (Å²) in [6, 6.07) is 15.0. The molecule has 0 aliphatic rings. The molecule has 4 aromatic rings. The predicted molar refractivity (Wildman–Crippen MR) is 92.0 cm³/mol. The molecule has 0 fully saturated rings. The van der Waals surface area contributed by atoms with Crippen LogP contribution in [0.15, 0.2) is 63.8 Å². The van der Waals surface area contributed by atoms with Crippen LogP contribution in [0, 0.1) is 5.82 Å². The predicted octanol–water partition coefficient (Wildman–Crippen LogP) is 3.89. The van der Waals surface area contributed by atoms with E-state index in [1.165, 1.54) is 24.3 Å². The average molecular weight is 356 g/mol. The van der Waals surface area contributed by atoms with Gasteiger partial charge in [0.15, 0.2) is 0 Å². The summed E-state index contributed by atoms with van der Waals surface area (Å²) in [4.78, 5) is 16.4. The lowest BCUT2D eigenvalue weighted by molar-refractivity contribution is 0.495. The van der Waals surface area contributed by atoms with Gasteiger partial charge in [-0.2, -0.15) is 4.68 Å². The Kier molecular flexibility index (Phi) is 3.82. The molecule has 0 bridgehead atoms. The van der Waals surface area contributed by atoms with Crippen molar-refractivity contribution in [3.8, 4) is 11.5 Å². The van der Waals surface area contributed by atoms with Gasteiger partial charge in [0, 0.05) is 16.5 Å². The van der Waals surface area contributed by atoms with Crippen LogP contribution in [0.2, 0.25) is 5.15 Å². The highest BCUT2D eigenvalue weighted by Gasteiger charge is 2.13. The highest BCUT2D eigenvalue weighted by Crippen LogP contribution is 2.21. The monoisotopic (exact) mass is 355 g/mol. The number of fused-ring (bicyclic) bond motifs is 1. The van der Waals surface area contributed by atoms with Crippen LogP contribution in [-0.2, 0) is 6.54 Å². The molecule has 4 rings (SSSR count). The molecule has 0 N–H and O–H groups in total. The number of para-hydroxylation sites is 1. The molecule has 0 atom stereocenters. The first kappa shape index (κ1) is 15.5. The number of nitrogens with zero attached hydrogens (tertiary/aromatic N) is 3. The number of rotatable bonds is 3. The number of hydrogen-bond donors (Lipinski definition) is 0. The van der Waals surface area contributed by atoms with Gasteiger partial charge in [0.2, 0.25) is 5.89 Å². The largest absolute Gasteiger partial charge is 0.437 e. The van der Waals surface area contributed by atoms with E-state index in [-0.39, 0.29) is 18.3 Å². The third-order valence-electron chi connectivity index (χ3n) is 3.77. The van der Waals surface area contributed by atoms with Crippen molar-refractivity contribution < 1.29 is 8.81 Å². The lowest BCUT2D eigenvalue weighted by Crippen LogP contribution is -2.17. The summed E-state index contributed by atoms with van der Waals surface area (Å²) in [6.07, 6.45) is 0. The van der Waals surface area contributed by atoms with E-state index in [9.17, 15) is 9.18 Å². The van der Waals surface area contributed by atoms with Gasteiger partial charge in [0.25, 0.3) is 0 Å². The second kappa shape index (κ2) is 6.14. The van der Waals surface area contributed by atoms with E-state index in [2.05, 4.69) is 10.1 Å². The highest BCUT2D eigenvalue weighted by atomic mass is 35.5.